The van der Waals surface area contributed by atoms with E-state index in [0.29, 0.717) is 17.8 Å². The minimum absolute atomic E-state index is 0.0927. The second-order valence-corrected chi connectivity index (χ2v) is 6.48. The summed E-state index contributed by atoms with van der Waals surface area (Å²) in [5.41, 5.74) is -0.154. The fourth-order valence-corrected chi connectivity index (χ4v) is 2.70. The third-order valence-corrected chi connectivity index (χ3v) is 3.94. The number of rotatable bonds is 6. The van der Waals surface area contributed by atoms with E-state index in [9.17, 15) is 18.8 Å². The fourth-order valence-electron chi connectivity index (χ4n) is 2.70. The number of hydrogen-bond donors (Lipinski definition) is 1. The number of benzene rings is 1. The second-order valence-electron chi connectivity index (χ2n) is 6.48. The zero-order valence-electron chi connectivity index (χ0n) is 15.2. The number of nitrogens with zero attached hydrogens (tertiary/aromatic N) is 2. The van der Waals surface area contributed by atoms with Gasteiger partial charge in [-0.05, 0) is 37.5 Å². The molecule has 1 atom stereocenters. The normalized spacial score (nSPS) is 12.2. The lowest BCUT2D eigenvalue weighted by molar-refractivity contribution is -0.145. The molecule has 1 aromatic heterocycles. The van der Waals surface area contributed by atoms with Crippen molar-refractivity contribution in [3.05, 3.63) is 40.2 Å². The third-order valence-electron chi connectivity index (χ3n) is 3.94. The predicted octanol–water partition coefficient (Wildman–Crippen LogP) is 1.55. The number of ether oxygens (including phenoxy) is 1. The molecule has 0 saturated heterocycles. The first-order chi connectivity index (χ1) is 12.2. The quantitative estimate of drug-likeness (QED) is 0.787. The van der Waals surface area contributed by atoms with Crippen molar-refractivity contribution in [1.29, 1.82) is 0 Å². The monoisotopic (exact) mass is 363 g/mol. The average molecular weight is 363 g/mol. The van der Waals surface area contributed by atoms with Crippen molar-refractivity contribution < 1.29 is 18.7 Å². The number of methoxy groups -OCH3 is 1. The van der Waals surface area contributed by atoms with Crippen molar-refractivity contribution in [3.63, 3.8) is 0 Å². The minimum Gasteiger partial charge on any atom is -0.467 e. The van der Waals surface area contributed by atoms with Gasteiger partial charge in [0, 0.05) is 0 Å². The lowest BCUT2D eigenvalue weighted by Crippen LogP contribution is -2.45. The van der Waals surface area contributed by atoms with E-state index in [-0.39, 0.29) is 17.8 Å². The van der Waals surface area contributed by atoms with Crippen LogP contribution in [0.5, 0.6) is 0 Å². The zero-order valence-corrected chi connectivity index (χ0v) is 15.2. The van der Waals surface area contributed by atoms with Gasteiger partial charge in [0.15, 0.2) is 0 Å². The van der Waals surface area contributed by atoms with Crippen LogP contribution in [-0.4, -0.2) is 34.6 Å². The van der Waals surface area contributed by atoms with Crippen LogP contribution in [-0.2, 0) is 20.9 Å². The van der Waals surface area contributed by atoms with Crippen molar-refractivity contribution in [2.24, 2.45) is 5.92 Å². The molecule has 0 aliphatic heterocycles. The summed E-state index contributed by atoms with van der Waals surface area (Å²) in [6.45, 7) is 5.09. The summed E-state index contributed by atoms with van der Waals surface area (Å²) < 4.78 is 19.3. The number of carbonyl (C=O) groups is 2. The van der Waals surface area contributed by atoms with Crippen LogP contribution in [0.15, 0.2) is 23.0 Å². The summed E-state index contributed by atoms with van der Waals surface area (Å²) in [7, 11) is 1.25. The molecule has 0 unspecified atom stereocenters. The van der Waals surface area contributed by atoms with E-state index in [1.807, 2.05) is 13.8 Å². The van der Waals surface area contributed by atoms with Gasteiger partial charge in [0.1, 0.15) is 24.2 Å². The molecule has 2 aromatic rings. The number of hydrogen-bond acceptors (Lipinski definition) is 5. The van der Waals surface area contributed by atoms with Gasteiger partial charge in [0.2, 0.25) is 5.91 Å². The molecule has 1 N–H and O–H groups in total. The molecule has 1 aromatic carbocycles. The zero-order chi connectivity index (χ0) is 19.4. The SMILES string of the molecule is COC(=O)[C@H](CC(C)C)NC(=O)Cn1c(C)nc2ccc(F)cc2c1=O. The molecule has 26 heavy (non-hydrogen) atoms. The number of amides is 1. The maximum absolute atomic E-state index is 13.4. The van der Waals surface area contributed by atoms with Gasteiger partial charge in [-0.25, -0.2) is 14.2 Å². The largest absolute Gasteiger partial charge is 0.467 e. The van der Waals surface area contributed by atoms with Gasteiger partial charge in [-0.2, -0.15) is 0 Å². The highest BCUT2D eigenvalue weighted by Gasteiger charge is 2.23. The van der Waals surface area contributed by atoms with Gasteiger partial charge in [-0.3, -0.25) is 14.2 Å². The Morgan fingerprint density at radius 2 is 2.04 bits per heavy atom. The molecule has 0 saturated carbocycles. The highest BCUT2D eigenvalue weighted by Crippen LogP contribution is 2.11. The minimum atomic E-state index is -0.797. The summed E-state index contributed by atoms with van der Waals surface area (Å²) in [5, 5.41) is 2.68. The number of carbonyl (C=O) groups excluding carboxylic acids is 2. The Morgan fingerprint density at radius 1 is 1.35 bits per heavy atom. The van der Waals surface area contributed by atoms with Crippen molar-refractivity contribution >= 4 is 22.8 Å². The van der Waals surface area contributed by atoms with E-state index in [1.165, 1.54) is 19.2 Å². The van der Waals surface area contributed by atoms with Crippen molar-refractivity contribution in [2.45, 2.75) is 39.8 Å². The Hall–Kier alpha value is -2.77. The van der Waals surface area contributed by atoms with Gasteiger partial charge in [0.05, 0.1) is 18.0 Å². The summed E-state index contributed by atoms with van der Waals surface area (Å²) in [5.74, 6) is -1.14. The molecular weight excluding hydrogens is 341 g/mol. The molecule has 0 aliphatic rings. The Kier molecular flexibility index (Phi) is 6.07. The maximum Gasteiger partial charge on any atom is 0.328 e. The molecule has 0 spiro atoms. The smallest absolute Gasteiger partial charge is 0.328 e. The van der Waals surface area contributed by atoms with Gasteiger partial charge < -0.3 is 10.1 Å². The Morgan fingerprint density at radius 3 is 2.65 bits per heavy atom. The Bertz CT molecular complexity index is 892. The van der Waals surface area contributed by atoms with Crippen LogP contribution in [0.1, 0.15) is 26.1 Å². The number of aryl methyl sites for hydroxylation is 1. The van der Waals surface area contributed by atoms with Gasteiger partial charge >= 0.3 is 5.97 Å². The van der Waals surface area contributed by atoms with Crippen molar-refractivity contribution in [1.82, 2.24) is 14.9 Å². The van der Waals surface area contributed by atoms with Gasteiger partial charge in [-0.15, -0.1) is 0 Å². The highest BCUT2D eigenvalue weighted by molar-refractivity contribution is 5.84. The summed E-state index contributed by atoms with van der Waals surface area (Å²) in [4.78, 5) is 41.0. The van der Waals surface area contributed by atoms with Crippen LogP contribution in [0.3, 0.4) is 0 Å². The van der Waals surface area contributed by atoms with Gasteiger partial charge in [-0.1, -0.05) is 13.8 Å². The fraction of sp³-hybridized carbons (Fsp3) is 0.444. The van der Waals surface area contributed by atoms with E-state index >= 15 is 0 Å². The first-order valence-corrected chi connectivity index (χ1v) is 8.26. The maximum atomic E-state index is 13.4. The average Bonchev–Trinajstić information content (AvgIpc) is 2.57. The third kappa shape index (κ3) is 4.44. The molecule has 0 aliphatic carbocycles. The van der Waals surface area contributed by atoms with Crippen LogP contribution >= 0.6 is 0 Å². The topological polar surface area (TPSA) is 90.3 Å². The molecule has 0 bridgehead atoms. The molecule has 0 fully saturated rings. The van der Waals surface area contributed by atoms with E-state index in [0.717, 1.165) is 10.6 Å². The number of esters is 1. The molecule has 7 nitrogen and oxygen atoms in total. The number of aromatic nitrogens is 2. The standard InChI is InChI=1S/C18H22FN3O4/c1-10(2)7-15(18(25)26-4)21-16(23)9-22-11(3)20-14-6-5-12(19)8-13(14)17(22)24/h5-6,8,10,15H,7,9H2,1-4H3,(H,21,23)/t15-/m0/s1. The molecule has 8 heteroatoms. The number of fused-ring (bicyclic) bond motifs is 1. The first kappa shape index (κ1) is 19.6. The van der Waals surface area contributed by atoms with E-state index in [4.69, 9.17) is 4.74 Å². The van der Waals surface area contributed by atoms with Gasteiger partial charge in [0.25, 0.3) is 5.56 Å². The van der Waals surface area contributed by atoms with Crippen LogP contribution in [0.4, 0.5) is 4.39 Å². The summed E-state index contributed by atoms with van der Waals surface area (Å²) >= 11 is 0. The van der Waals surface area contributed by atoms with Crippen LogP contribution in [0, 0.1) is 18.7 Å². The predicted molar refractivity (Wildman–Crippen MR) is 94.1 cm³/mol. The number of halogens is 1. The molecule has 0 radical (unpaired) electrons. The van der Waals surface area contributed by atoms with Crippen molar-refractivity contribution in [2.75, 3.05) is 7.11 Å². The van der Waals surface area contributed by atoms with E-state index in [2.05, 4.69) is 10.3 Å². The lowest BCUT2D eigenvalue weighted by atomic mass is 10.0. The number of nitrogens with one attached hydrogen (secondary N) is 1. The Balaban J connectivity index is 2.28. The summed E-state index contributed by atoms with van der Waals surface area (Å²) in [6, 6.07) is 2.93. The van der Waals surface area contributed by atoms with Crippen LogP contribution in [0.25, 0.3) is 10.9 Å². The molecule has 2 rings (SSSR count). The molecule has 1 heterocycles. The van der Waals surface area contributed by atoms with E-state index < -0.39 is 29.3 Å². The first-order valence-electron chi connectivity index (χ1n) is 8.26. The van der Waals surface area contributed by atoms with Crippen molar-refractivity contribution in [3.8, 4) is 0 Å². The molecule has 1 amide bonds. The van der Waals surface area contributed by atoms with E-state index in [1.54, 1.807) is 6.92 Å². The summed E-state index contributed by atoms with van der Waals surface area (Å²) in [6.07, 6.45) is 0.410. The highest BCUT2D eigenvalue weighted by atomic mass is 19.1. The van der Waals surface area contributed by atoms with Crippen LogP contribution in [0.2, 0.25) is 0 Å². The second kappa shape index (κ2) is 8.07. The Labute approximate surface area is 150 Å². The molecule has 140 valence electrons. The lowest BCUT2D eigenvalue weighted by Gasteiger charge is -2.19. The van der Waals surface area contributed by atoms with Crippen LogP contribution < -0.4 is 10.9 Å². The molecular formula is C18H22FN3O4.